The van der Waals surface area contributed by atoms with Gasteiger partial charge in [0.2, 0.25) is 11.6 Å². The number of hydrogen-bond acceptors (Lipinski definition) is 5. The fourth-order valence-corrected chi connectivity index (χ4v) is 3.21. The summed E-state index contributed by atoms with van der Waals surface area (Å²) >= 11 is 0. The first-order valence-corrected chi connectivity index (χ1v) is 10.7. The Morgan fingerprint density at radius 2 is 1.88 bits per heavy atom. The maximum Gasteiger partial charge on any atom is 0.371 e. The SMILES string of the molecule is CCO/C(=C\c1ccc(OCc2nc(-c3ccc(C(C)C)cc3)oc2C)cc1C)C(=O)O. The van der Waals surface area contributed by atoms with Crippen LogP contribution in [0.1, 0.15) is 54.8 Å². The van der Waals surface area contributed by atoms with Crippen molar-refractivity contribution in [2.45, 2.75) is 47.1 Å². The molecule has 0 saturated heterocycles. The molecule has 0 amide bonds. The smallest absolute Gasteiger partial charge is 0.371 e. The molecule has 32 heavy (non-hydrogen) atoms. The summed E-state index contributed by atoms with van der Waals surface area (Å²) in [6.45, 7) is 10.4. The third-order valence-electron chi connectivity index (χ3n) is 5.13. The van der Waals surface area contributed by atoms with Gasteiger partial charge in [0, 0.05) is 5.56 Å². The number of benzene rings is 2. The monoisotopic (exact) mass is 435 g/mol. The Hall–Kier alpha value is -3.54. The van der Waals surface area contributed by atoms with Gasteiger partial charge in [-0.05, 0) is 73.7 Å². The third kappa shape index (κ3) is 5.58. The van der Waals surface area contributed by atoms with E-state index in [1.807, 2.05) is 38.1 Å². The fourth-order valence-electron chi connectivity index (χ4n) is 3.21. The molecule has 0 saturated carbocycles. The van der Waals surface area contributed by atoms with E-state index in [0.717, 1.165) is 22.4 Å². The average Bonchev–Trinajstić information content (AvgIpc) is 3.14. The van der Waals surface area contributed by atoms with E-state index in [-0.39, 0.29) is 12.4 Å². The second-order valence-corrected chi connectivity index (χ2v) is 7.85. The quantitative estimate of drug-likeness (QED) is 0.322. The number of rotatable bonds is 9. The summed E-state index contributed by atoms with van der Waals surface area (Å²) in [5.74, 6) is 1.24. The summed E-state index contributed by atoms with van der Waals surface area (Å²) in [6, 6.07) is 13.7. The van der Waals surface area contributed by atoms with Gasteiger partial charge in [-0.2, -0.15) is 0 Å². The summed E-state index contributed by atoms with van der Waals surface area (Å²) in [6.07, 6.45) is 1.52. The fraction of sp³-hybridized carbons (Fsp3) is 0.308. The zero-order chi connectivity index (χ0) is 23.3. The minimum Gasteiger partial charge on any atom is -0.487 e. The van der Waals surface area contributed by atoms with Crippen LogP contribution in [0.25, 0.3) is 17.5 Å². The van der Waals surface area contributed by atoms with Crippen LogP contribution in [0, 0.1) is 13.8 Å². The number of aryl methyl sites for hydroxylation is 2. The van der Waals surface area contributed by atoms with Crippen LogP contribution in [-0.2, 0) is 16.1 Å². The molecule has 1 heterocycles. The standard InChI is InChI=1S/C26H29NO5/c1-6-30-24(26(28)29)14-21-11-12-22(13-17(21)4)31-15-23-18(5)32-25(27-23)20-9-7-19(8-10-20)16(2)3/h7-14,16H,6,15H2,1-5H3,(H,28,29)/b24-14-. The highest BCUT2D eigenvalue weighted by Gasteiger charge is 2.13. The van der Waals surface area contributed by atoms with Crippen molar-refractivity contribution in [3.8, 4) is 17.2 Å². The van der Waals surface area contributed by atoms with Crippen LogP contribution in [0.4, 0.5) is 0 Å². The molecule has 0 unspecified atom stereocenters. The van der Waals surface area contributed by atoms with Crippen LogP contribution in [-0.4, -0.2) is 22.7 Å². The number of oxazole rings is 1. The molecule has 6 heteroatoms. The topological polar surface area (TPSA) is 81.8 Å². The van der Waals surface area contributed by atoms with E-state index in [1.54, 1.807) is 13.0 Å². The number of aromatic nitrogens is 1. The van der Waals surface area contributed by atoms with Crippen molar-refractivity contribution in [3.05, 3.63) is 76.4 Å². The summed E-state index contributed by atoms with van der Waals surface area (Å²) in [5, 5.41) is 9.24. The average molecular weight is 436 g/mol. The van der Waals surface area contributed by atoms with Gasteiger partial charge in [-0.3, -0.25) is 0 Å². The van der Waals surface area contributed by atoms with E-state index >= 15 is 0 Å². The lowest BCUT2D eigenvalue weighted by Crippen LogP contribution is -2.05. The Morgan fingerprint density at radius 1 is 1.16 bits per heavy atom. The molecule has 1 N–H and O–H groups in total. The van der Waals surface area contributed by atoms with E-state index in [9.17, 15) is 9.90 Å². The van der Waals surface area contributed by atoms with Gasteiger partial charge in [-0.1, -0.05) is 32.0 Å². The second kappa shape index (κ2) is 10.2. The molecule has 0 radical (unpaired) electrons. The second-order valence-electron chi connectivity index (χ2n) is 7.85. The first-order valence-electron chi connectivity index (χ1n) is 10.7. The number of carbonyl (C=O) groups is 1. The lowest BCUT2D eigenvalue weighted by Gasteiger charge is -2.09. The van der Waals surface area contributed by atoms with Gasteiger partial charge in [0.15, 0.2) is 0 Å². The molecule has 168 valence electrons. The van der Waals surface area contributed by atoms with E-state index in [2.05, 4.69) is 31.0 Å². The number of ether oxygens (including phenoxy) is 2. The molecule has 0 fully saturated rings. The molecule has 2 aromatic carbocycles. The van der Waals surface area contributed by atoms with Crippen molar-refractivity contribution >= 4 is 12.0 Å². The molecule has 6 nitrogen and oxygen atoms in total. The zero-order valence-corrected chi connectivity index (χ0v) is 19.1. The van der Waals surface area contributed by atoms with E-state index in [0.29, 0.717) is 29.9 Å². The van der Waals surface area contributed by atoms with Gasteiger partial charge in [0.1, 0.15) is 23.8 Å². The highest BCUT2D eigenvalue weighted by molar-refractivity contribution is 5.90. The van der Waals surface area contributed by atoms with Crippen molar-refractivity contribution in [3.63, 3.8) is 0 Å². The molecular weight excluding hydrogens is 406 g/mol. The van der Waals surface area contributed by atoms with Crippen LogP contribution in [0.3, 0.4) is 0 Å². The van der Waals surface area contributed by atoms with Crippen molar-refractivity contribution in [2.24, 2.45) is 0 Å². The number of nitrogens with zero attached hydrogens (tertiary/aromatic N) is 1. The Bertz CT molecular complexity index is 1110. The Balaban J connectivity index is 1.71. The molecule has 0 bridgehead atoms. The maximum atomic E-state index is 11.3. The molecule has 1 aromatic heterocycles. The van der Waals surface area contributed by atoms with Crippen LogP contribution in [0.2, 0.25) is 0 Å². The van der Waals surface area contributed by atoms with Crippen molar-refractivity contribution in [1.29, 1.82) is 0 Å². The molecular formula is C26H29NO5. The summed E-state index contributed by atoms with van der Waals surface area (Å²) in [4.78, 5) is 15.9. The van der Waals surface area contributed by atoms with E-state index < -0.39 is 5.97 Å². The molecule has 3 rings (SSSR count). The number of carboxylic acids is 1. The van der Waals surface area contributed by atoms with Gasteiger partial charge in [0.25, 0.3) is 0 Å². The molecule has 0 aliphatic carbocycles. The Kier molecular flexibility index (Phi) is 7.36. The van der Waals surface area contributed by atoms with Crippen LogP contribution < -0.4 is 4.74 Å². The minimum absolute atomic E-state index is 0.0866. The van der Waals surface area contributed by atoms with Gasteiger partial charge < -0.3 is 19.0 Å². The molecule has 0 aliphatic rings. The van der Waals surface area contributed by atoms with Crippen molar-refractivity contribution < 1.29 is 23.8 Å². The molecule has 0 atom stereocenters. The van der Waals surface area contributed by atoms with Crippen molar-refractivity contribution in [2.75, 3.05) is 6.61 Å². The molecule has 0 spiro atoms. The van der Waals surface area contributed by atoms with Gasteiger partial charge >= 0.3 is 5.97 Å². The highest BCUT2D eigenvalue weighted by Crippen LogP contribution is 2.26. The van der Waals surface area contributed by atoms with Gasteiger partial charge in [0.05, 0.1) is 6.61 Å². The third-order valence-corrected chi connectivity index (χ3v) is 5.13. The number of aliphatic carboxylic acids is 1. The van der Waals surface area contributed by atoms with Gasteiger partial charge in [-0.15, -0.1) is 0 Å². The van der Waals surface area contributed by atoms with E-state index in [4.69, 9.17) is 13.9 Å². The summed E-state index contributed by atoms with van der Waals surface area (Å²) < 4.78 is 17.0. The first kappa shape index (κ1) is 23.1. The molecule has 3 aromatic rings. The normalized spacial score (nSPS) is 11.6. The zero-order valence-electron chi connectivity index (χ0n) is 19.1. The number of hydrogen-bond donors (Lipinski definition) is 1. The van der Waals surface area contributed by atoms with Crippen molar-refractivity contribution in [1.82, 2.24) is 4.98 Å². The predicted molar refractivity (Wildman–Crippen MR) is 124 cm³/mol. The lowest BCUT2D eigenvalue weighted by molar-refractivity contribution is -0.136. The van der Waals surface area contributed by atoms with E-state index in [1.165, 1.54) is 11.6 Å². The molecule has 0 aliphatic heterocycles. The summed E-state index contributed by atoms with van der Waals surface area (Å²) in [5.41, 5.74) is 4.57. The van der Waals surface area contributed by atoms with Gasteiger partial charge in [-0.25, -0.2) is 9.78 Å². The minimum atomic E-state index is -1.09. The van der Waals surface area contributed by atoms with Crippen LogP contribution in [0.15, 0.2) is 52.6 Å². The largest absolute Gasteiger partial charge is 0.487 e. The Labute approximate surface area is 188 Å². The Morgan fingerprint density at radius 3 is 2.47 bits per heavy atom. The predicted octanol–water partition coefficient (Wildman–Crippen LogP) is 6.12. The highest BCUT2D eigenvalue weighted by atomic mass is 16.5. The number of carboxylic acid groups (broad SMARTS) is 1. The lowest BCUT2D eigenvalue weighted by atomic mass is 10.0. The first-order chi connectivity index (χ1) is 15.3. The summed E-state index contributed by atoms with van der Waals surface area (Å²) in [7, 11) is 0. The van der Waals surface area contributed by atoms with Crippen LogP contribution >= 0.6 is 0 Å². The maximum absolute atomic E-state index is 11.3. The van der Waals surface area contributed by atoms with Crippen LogP contribution in [0.5, 0.6) is 5.75 Å².